The summed E-state index contributed by atoms with van der Waals surface area (Å²) < 4.78 is 0. The number of anilines is 3. The molecule has 0 atom stereocenters. The molecule has 6 aromatic carbocycles. The summed E-state index contributed by atoms with van der Waals surface area (Å²) in [6.45, 7) is 0. The summed E-state index contributed by atoms with van der Waals surface area (Å²) in [5.74, 6) is 0. The summed E-state index contributed by atoms with van der Waals surface area (Å²) in [5, 5.41) is 5.09. The van der Waals surface area contributed by atoms with E-state index in [9.17, 15) is 0 Å². The first-order valence-corrected chi connectivity index (χ1v) is 12.0. The fraction of sp³-hybridized carbons (Fsp3) is 0. The minimum absolute atomic E-state index is 1.13. The Morgan fingerprint density at radius 2 is 0.857 bits per heavy atom. The van der Waals surface area contributed by atoms with Gasteiger partial charge >= 0.3 is 0 Å². The highest BCUT2D eigenvalue weighted by atomic mass is 15.1. The molecule has 0 spiro atoms. The SMILES string of the molecule is C(=Cc1c2ccccc2cc2ccccc12)c1ccc(N(c2ccccc2)c2ccccc2)cc1. The molecular formula is C34H25N. The lowest BCUT2D eigenvalue weighted by molar-refractivity contribution is 1.28. The average Bonchev–Trinajstić information content (AvgIpc) is 2.93. The molecule has 0 N–H and O–H groups in total. The molecule has 35 heavy (non-hydrogen) atoms. The first-order chi connectivity index (χ1) is 17.4. The van der Waals surface area contributed by atoms with Crippen LogP contribution in [0.1, 0.15) is 11.1 Å². The third kappa shape index (κ3) is 4.20. The maximum Gasteiger partial charge on any atom is 0.0462 e. The van der Waals surface area contributed by atoms with E-state index in [-0.39, 0.29) is 0 Å². The van der Waals surface area contributed by atoms with Gasteiger partial charge in [0, 0.05) is 17.1 Å². The molecule has 0 aromatic heterocycles. The molecule has 1 nitrogen and oxygen atoms in total. The molecular weight excluding hydrogens is 422 g/mol. The molecule has 0 saturated heterocycles. The summed E-state index contributed by atoms with van der Waals surface area (Å²) in [5.41, 5.74) is 5.86. The zero-order chi connectivity index (χ0) is 23.5. The van der Waals surface area contributed by atoms with Crippen LogP contribution < -0.4 is 4.90 Å². The molecule has 166 valence electrons. The number of rotatable bonds is 5. The Morgan fingerprint density at radius 1 is 0.400 bits per heavy atom. The smallest absolute Gasteiger partial charge is 0.0462 e. The second kappa shape index (κ2) is 9.32. The van der Waals surface area contributed by atoms with Crippen LogP contribution in [0.2, 0.25) is 0 Å². The van der Waals surface area contributed by atoms with Crippen LogP contribution in [0, 0.1) is 0 Å². The number of hydrogen-bond acceptors (Lipinski definition) is 1. The number of fused-ring (bicyclic) bond motifs is 2. The van der Waals surface area contributed by atoms with Gasteiger partial charge in [0.1, 0.15) is 0 Å². The van der Waals surface area contributed by atoms with Gasteiger partial charge < -0.3 is 4.90 Å². The lowest BCUT2D eigenvalue weighted by atomic mass is 9.96. The summed E-state index contributed by atoms with van der Waals surface area (Å²) >= 11 is 0. The molecule has 0 aliphatic rings. The van der Waals surface area contributed by atoms with Crippen molar-refractivity contribution in [2.75, 3.05) is 4.90 Å². The van der Waals surface area contributed by atoms with Gasteiger partial charge in [0.15, 0.2) is 0 Å². The lowest BCUT2D eigenvalue weighted by Crippen LogP contribution is -2.09. The van der Waals surface area contributed by atoms with E-state index in [2.05, 4.69) is 157 Å². The normalized spacial score (nSPS) is 11.3. The van der Waals surface area contributed by atoms with Crippen molar-refractivity contribution in [3.8, 4) is 0 Å². The Bertz CT molecular complexity index is 1520. The van der Waals surface area contributed by atoms with Crippen LogP contribution in [-0.4, -0.2) is 0 Å². The van der Waals surface area contributed by atoms with Crippen molar-refractivity contribution >= 4 is 50.8 Å². The van der Waals surface area contributed by atoms with Crippen molar-refractivity contribution in [2.24, 2.45) is 0 Å². The predicted octanol–water partition coefficient (Wildman–Crippen LogP) is 9.63. The van der Waals surface area contributed by atoms with E-state index in [1.165, 1.54) is 32.7 Å². The zero-order valence-corrected chi connectivity index (χ0v) is 19.4. The van der Waals surface area contributed by atoms with E-state index in [0.717, 1.165) is 17.1 Å². The van der Waals surface area contributed by atoms with E-state index >= 15 is 0 Å². The minimum Gasteiger partial charge on any atom is -0.311 e. The largest absolute Gasteiger partial charge is 0.311 e. The molecule has 0 amide bonds. The van der Waals surface area contributed by atoms with Gasteiger partial charge in [-0.15, -0.1) is 0 Å². The Labute approximate surface area is 206 Å². The molecule has 0 radical (unpaired) electrons. The molecule has 0 aliphatic carbocycles. The zero-order valence-electron chi connectivity index (χ0n) is 19.4. The number of para-hydroxylation sites is 2. The van der Waals surface area contributed by atoms with Crippen LogP contribution in [0.25, 0.3) is 33.7 Å². The fourth-order valence-corrected chi connectivity index (χ4v) is 4.74. The average molecular weight is 448 g/mol. The third-order valence-electron chi connectivity index (χ3n) is 6.44. The van der Waals surface area contributed by atoms with Crippen molar-refractivity contribution in [3.63, 3.8) is 0 Å². The molecule has 1 heteroatoms. The van der Waals surface area contributed by atoms with Crippen molar-refractivity contribution in [1.29, 1.82) is 0 Å². The first kappa shape index (κ1) is 20.9. The summed E-state index contributed by atoms with van der Waals surface area (Å²) in [4.78, 5) is 2.28. The van der Waals surface area contributed by atoms with Crippen molar-refractivity contribution < 1.29 is 0 Å². The van der Waals surface area contributed by atoms with Crippen LogP contribution in [0.5, 0.6) is 0 Å². The van der Waals surface area contributed by atoms with Crippen molar-refractivity contribution in [2.45, 2.75) is 0 Å². The van der Waals surface area contributed by atoms with Gasteiger partial charge in [0.05, 0.1) is 0 Å². The van der Waals surface area contributed by atoms with E-state index in [1.807, 2.05) is 0 Å². The van der Waals surface area contributed by atoms with Gasteiger partial charge in [-0.25, -0.2) is 0 Å². The van der Waals surface area contributed by atoms with Gasteiger partial charge in [0.2, 0.25) is 0 Å². The second-order valence-electron chi connectivity index (χ2n) is 8.66. The Balaban J connectivity index is 1.38. The minimum atomic E-state index is 1.13. The Kier molecular flexibility index (Phi) is 5.58. The lowest BCUT2D eigenvalue weighted by Gasteiger charge is -2.25. The predicted molar refractivity (Wildman–Crippen MR) is 152 cm³/mol. The molecule has 6 rings (SSSR count). The highest BCUT2D eigenvalue weighted by Crippen LogP contribution is 2.34. The molecule has 0 fully saturated rings. The van der Waals surface area contributed by atoms with E-state index < -0.39 is 0 Å². The molecule has 6 aromatic rings. The van der Waals surface area contributed by atoms with Crippen molar-refractivity contribution in [3.05, 3.63) is 151 Å². The molecule has 0 unspecified atom stereocenters. The Morgan fingerprint density at radius 3 is 1.40 bits per heavy atom. The number of hydrogen-bond donors (Lipinski definition) is 0. The van der Waals surface area contributed by atoms with Gasteiger partial charge in [-0.2, -0.15) is 0 Å². The van der Waals surface area contributed by atoms with Crippen LogP contribution in [0.3, 0.4) is 0 Å². The topological polar surface area (TPSA) is 3.24 Å². The van der Waals surface area contributed by atoms with Gasteiger partial charge in [-0.1, -0.05) is 109 Å². The Hall–Kier alpha value is -4.62. The molecule has 0 saturated carbocycles. The monoisotopic (exact) mass is 447 g/mol. The quantitative estimate of drug-likeness (QED) is 0.188. The highest BCUT2D eigenvalue weighted by molar-refractivity contribution is 6.07. The summed E-state index contributed by atoms with van der Waals surface area (Å²) in [6.07, 6.45) is 4.47. The van der Waals surface area contributed by atoms with Crippen LogP contribution in [0.4, 0.5) is 17.1 Å². The van der Waals surface area contributed by atoms with Crippen LogP contribution in [0.15, 0.2) is 140 Å². The van der Waals surface area contributed by atoms with Gasteiger partial charge in [-0.3, -0.25) is 0 Å². The highest BCUT2D eigenvalue weighted by Gasteiger charge is 2.11. The summed E-state index contributed by atoms with van der Waals surface area (Å²) in [7, 11) is 0. The van der Waals surface area contributed by atoms with E-state index in [1.54, 1.807) is 0 Å². The molecule has 0 heterocycles. The number of nitrogens with zero attached hydrogens (tertiary/aromatic N) is 1. The first-order valence-electron chi connectivity index (χ1n) is 12.0. The maximum absolute atomic E-state index is 2.28. The standard InChI is InChI=1S/C34H25N/c1-3-13-29(14-4-1)35(30-15-5-2-6-16-30)31-22-19-26(20-23-31)21-24-34-32-17-9-7-11-27(32)25-28-12-8-10-18-33(28)34/h1-25H. The summed E-state index contributed by atoms with van der Waals surface area (Å²) in [6, 6.07) is 49.3. The molecule has 0 bridgehead atoms. The van der Waals surface area contributed by atoms with Crippen LogP contribution in [-0.2, 0) is 0 Å². The van der Waals surface area contributed by atoms with Crippen molar-refractivity contribution in [1.82, 2.24) is 0 Å². The van der Waals surface area contributed by atoms with E-state index in [0.29, 0.717) is 0 Å². The maximum atomic E-state index is 2.28. The van der Waals surface area contributed by atoms with Gasteiger partial charge in [0.25, 0.3) is 0 Å². The fourth-order valence-electron chi connectivity index (χ4n) is 4.74. The van der Waals surface area contributed by atoms with Gasteiger partial charge in [-0.05, 0) is 75.1 Å². The third-order valence-corrected chi connectivity index (χ3v) is 6.44. The number of benzene rings is 6. The van der Waals surface area contributed by atoms with Crippen LogP contribution >= 0.6 is 0 Å². The second-order valence-corrected chi connectivity index (χ2v) is 8.66. The molecule has 0 aliphatic heterocycles. The van der Waals surface area contributed by atoms with E-state index in [4.69, 9.17) is 0 Å².